The number of nitrogens with zero attached hydrogens (tertiary/aromatic N) is 2. The fourth-order valence-corrected chi connectivity index (χ4v) is 4.41. The molecule has 0 aromatic heterocycles. The van der Waals surface area contributed by atoms with Crippen LogP contribution in [-0.4, -0.2) is 6.21 Å². The van der Waals surface area contributed by atoms with E-state index in [1.807, 2.05) is 12.3 Å². The predicted molar refractivity (Wildman–Crippen MR) is 150 cm³/mol. The molecule has 0 spiro atoms. The van der Waals surface area contributed by atoms with Crippen LogP contribution in [0.2, 0.25) is 0 Å². The van der Waals surface area contributed by atoms with Crippen molar-refractivity contribution < 1.29 is 0 Å². The molecule has 0 saturated carbocycles. The van der Waals surface area contributed by atoms with Gasteiger partial charge in [-0.15, -0.1) is 0 Å². The second-order valence-electron chi connectivity index (χ2n) is 8.64. The van der Waals surface area contributed by atoms with Gasteiger partial charge in [0, 0.05) is 16.4 Å². The molecule has 34 heavy (non-hydrogen) atoms. The molecule has 0 saturated heterocycles. The van der Waals surface area contributed by atoms with Crippen LogP contribution in [0.3, 0.4) is 0 Å². The molecule has 4 rings (SSSR count). The maximum Gasteiger partial charge on any atom is 0.138 e. The quantitative estimate of drug-likeness (QED) is 0.237. The van der Waals surface area contributed by atoms with Gasteiger partial charge in [-0.3, -0.25) is 4.90 Å². The smallest absolute Gasteiger partial charge is 0.138 e. The average Bonchev–Trinajstić information content (AvgIpc) is 2.81. The third kappa shape index (κ3) is 5.73. The van der Waals surface area contributed by atoms with Gasteiger partial charge < -0.3 is 0 Å². The summed E-state index contributed by atoms with van der Waals surface area (Å²) in [6.45, 7) is 8.58. The van der Waals surface area contributed by atoms with Crippen LogP contribution in [-0.2, 0) is 0 Å². The summed E-state index contributed by atoms with van der Waals surface area (Å²) >= 11 is 3.58. The van der Waals surface area contributed by atoms with Gasteiger partial charge in [-0.1, -0.05) is 93.8 Å². The van der Waals surface area contributed by atoms with Crippen LogP contribution in [0.15, 0.2) is 106 Å². The first-order valence-electron chi connectivity index (χ1n) is 11.4. The maximum atomic E-state index is 5.05. The summed E-state index contributed by atoms with van der Waals surface area (Å²) in [4.78, 5) is 7.31. The lowest BCUT2D eigenvalue weighted by atomic mass is 10.0. The molecule has 0 fully saturated rings. The van der Waals surface area contributed by atoms with Gasteiger partial charge in [0.05, 0.1) is 5.69 Å². The molecule has 0 atom stereocenters. The molecule has 4 aromatic carbocycles. The Hall–Kier alpha value is -3.43. The van der Waals surface area contributed by atoms with E-state index in [0.29, 0.717) is 0 Å². The van der Waals surface area contributed by atoms with E-state index in [-0.39, 0.29) is 0 Å². The molecule has 2 nitrogen and oxygen atoms in total. The van der Waals surface area contributed by atoms with E-state index in [0.717, 1.165) is 32.8 Å². The first kappa shape index (κ1) is 23.7. The number of hydrogen-bond donors (Lipinski definition) is 0. The third-order valence-electron chi connectivity index (χ3n) is 5.69. The second kappa shape index (κ2) is 10.7. The molecule has 170 valence electrons. The van der Waals surface area contributed by atoms with Crippen molar-refractivity contribution in [3.05, 3.63) is 135 Å². The number of anilines is 2. The standard InChI is InChI=1S/C31H29BrN2/c1-22-10-12-27(13-11-22)21-33-30(20-26-8-6-5-7-9-26)34(29-16-14-28(32)15-17-29)31-24(3)18-23(2)19-25(31)4/h5-21H,1-4H3/b30-20+,33-21+. The Morgan fingerprint density at radius 1 is 0.706 bits per heavy atom. The highest BCUT2D eigenvalue weighted by molar-refractivity contribution is 9.10. The normalized spacial score (nSPS) is 11.7. The first-order valence-corrected chi connectivity index (χ1v) is 12.2. The Morgan fingerprint density at radius 2 is 1.32 bits per heavy atom. The van der Waals surface area contributed by atoms with Crippen LogP contribution in [0.1, 0.15) is 33.4 Å². The third-order valence-corrected chi connectivity index (χ3v) is 6.22. The minimum atomic E-state index is 0.851. The molecule has 0 bridgehead atoms. The molecule has 3 heteroatoms. The molecular weight excluding hydrogens is 480 g/mol. The molecule has 0 aliphatic rings. The summed E-state index contributed by atoms with van der Waals surface area (Å²) in [6, 6.07) is 31.7. The van der Waals surface area contributed by atoms with Gasteiger partial charge in [0.2, 0.25) is 0 Å². The minimum absolute atomic E-state index is 0.851. The molecule has 0 amide bonds. The largest absolute Gasteiger partial charge is 0.295 e. The fourth-order valence-electron chi connectivity index (χ4n) is 4.14. The highest BCUT2D eigenvalue weighted by Crippen LogP contribution is 2.37. The van der Waals surface area contributed by atoms with Crippen LogP contribution in [0.5, 0.6) is 0 Å². The average molecular weight is 509 g/mol. The Morgan fingerprint density at radius 3 is 1.94 bits per heavy atom. The van der Waals surface area contributed by atoms with Crippen molar-refractivity contribution >= 4 is 39.6 Å². The lowest BCUT2D eigenvalue weighted by molar-refractivity contribution is 1.10. The summed E-state index contributed by atoms with van der Waals surface area (Å²) in [5.74, 6) is 0.851. The topological polar surface area (TPSA) is 15.6 Å². The molecule has 0 aliphatic carbocycles. The van der Waals surface area contributed by atoms with E-state index in [1.54, 1.807) is 0 Å². The van der Waals surface area contributed by atoms with Crippen LogP contribution in [0.25, 0.3) is 6.08 Å². The first-order chi connectivity index (χ1) is 16.4. The van der Waals surface area contributed by atoms with E-state index in [2.05, 4.69) is 140 Å². The van der Waals surface area contributed by atoms with Gasteiger partial charge in [0.1, 0.15) is 5.82 Å². The number of halogens is 1. The van der Waals surface area contributed by atoms with Crippen molar-refractivity contribution in [3.8, 4) is 0 Å². The summed E-state index contributed by atoms with van der Waals surface area (Å²) in [5.41, 5.74) is 9.29. The van der Waals surface area contributed by atoms with Crippen molar-refractivity contribution in [2.24, 2.45) is 4.99 Å². The predicted octanol–water partition coefficient (Wildman–Crippen LogP) is 8.94. The minimum Gasteiger partial charge on any atom is -0.295 e. The zero-order valence-corrected chi connectivity index (χ0v) is 21.7. The van der Waals surface area contributed by atoms with Crippen LogP contribution >= 0.6 is 15.9 Å². The summed E-state index contributed by atoms with van der Waals surface area (Å²) in [5, 5.41) is 0. The molecule has 0 radical (unpaired) electrons. The summed E-state index contributed by atoms with van der Waals surface area (Å²) in [6.07, 6.45) is 4.09. The van der Waals surface area contributed by atoms with E-state index in [1.165, 1.54) is 22.3 Å². The molecule has 0 unspecified atom stereocenters. The highest BCUT2D eigenvalue weighted by Gasteiger charge is 2.19. The lowest BCUT2D eigenvalue weighted by Crippen LogP contribution is -2.18. The van der Waals surface area contributed by atoms with Gasteiger partial charge in [0.25, 0.3) is 0 Å². The number of aryl methyl sites for hydroxylation is 4. The molecule has 0 N–H and O–H groups in total. The Kier molecular flexibility index (Phi) is 7.44. The van der Waals surface area contributed by atoms with Crippen molar-refractivity contribution in [2.75, 3.05) is 4.90 Å². The van der Waals surface area contributed by atoms with Crippen LogP contribution < -0.4 is 4.90 Å². The number of rotatable bonds is 6. The Bertz CT molecular complexity index is 1300. The number of benzene rings is 4. The zero-order valence-electron chi connectivity index (χ0n) is 20.1. The number of hydrogen-bond acceptors (Lipinski definition) is 2. The van der Waals surface area contributed by atoms with Crippen molar-refractivity contribution in [3.63, 3.8) is 0 Å². The van der Waals surface area contributed by atoms with Gasteiger partial charge in [0.15, 0.2) is 0 Å². The van der Waals surface area contributed by atoms with E-state index < -0.39 is 0 Å². The number of aliphatic imine (C=N–C) groups is 1. The van der Waals surface area contributed by atoms with E-state index >= 15 is 0 Å². The zero-order chi connectivity index (χ0) is 24.1. The van der Waals surface area contributed by atoms with Crippen LogP contribution in [0.4, 0.5) is 11.4 Å². The molecule has 0 heterocycles. The molecule has 4 aromatic rings. The van der Waals surface area contributed by atoms with Crippen molar-refractivity contribution in [1.82, 2.24) is 0 Å². The SMILES string of the molecule is Cc1ccc(/C=N/C(=C\c2ccccc2)N(c2ccc(Br)cc2)c2c(C)cc(C)cc2C)cc1. The van der Waals surface area contributed by atoms with Crippen LogP contribution in [0, 0.1) is 27.7 Å². The Balaban J connectivity index is 1.93. The maximum absolute atomic E-state index is 5.05. The van der Waals surface area contributed by atoms with Gasteiger partial charge in [-0.25, -0.2) is 4.99 Å². The van der Waals surface area contributed by atoms with Gasteiger partial charge >= 0.3 is 0 Å². The highest BCUT2D eigenvalue weighted by atomic mass is 79.9. The van der Waals surface area contributed by atoms with Gasteiger partial charge in [-0.2, -0.15) is 0 Å². The molecule has 0 aliphatic heterocycles. The molecular formula is C31H29BrN2. The van der Waals surface area contributed by atoms with Crippen molar-refractivity contribution in [1.29, 1.82) is 0 Å². The van der Waals surface area contributed by atoms with E-state index in [9.17, 15) is 0 Å². The monoisotopic (exact) mass is 508 g/mol. The van der Waals surface area contributed by atoms with E-state index in [4.69, 9.17) is 4.99 Å². The summed E-state index contributed by atoms with van der Waals surface area (Å²) < 4.78 is 1.05. The fraction of sp³-hybridized carbons (Fsp3) is 0.129. The summed E-state index contributed by atoms with van der Waals surface area (Å²) in [7, 11) is 0. The lowest BCUT2D eigenvalue weighted by Gasteiger charge is -2.29. The van der Waals surface area contributed by atoms with Crippen molar-refractivity contribution in [2.45, 2.75) is 27.7 Å². The Labute approximate surface area is 211 Å². The van der Waals surface area contributed by atoms with Gasteiger partial charge in [-0.05, 0) is 80.3 Å². The second-order valence-corrected chi connectivity index (χ2v) is 9.56.